The van der Waals surface area contributed by atoms with Gasteiger partial charge in [-0.2, -0.15) is 15.0 Å². The molecule has 0 spiro atoms. The van der Waals surface area contributed by atoms with Crippen LogP contribution in [0.15, 0.2) is 0 Å². The van der Waals surface area contributed by atoms with E-state index in [1.165, 1.54) is 0 Å². The number of hydrogen-bond acceptors (Lipinski definition) is 8. The van der Waals surface area contributed by atoms with Crippen molar-refractivity contribution in [1.29, 1.82) is 0 Å². The summed E-state index contributed by atoms with van der Waals surface area (Å²) >= 11 is 0. The first-order valence-corrected chi connectivity index (χ1v) is 5.78. The highest BCUT2D eigenvalue weighted by Crippen LogP contribution is 2.11. The van der Waals surface area contributed by atoms with Crippen molar-refractivity contribution in [1.82, 2.24) is 15.0 Å². The SMILES string of the molecule is CCCOc1nc(NC)nc(NC(CO)CO)n1. The van der Waals surface area contributed by atoms with E-state index in [0.29, 0.717) is 12.6 Å². The molecule has 0 saturated carbocycles. The Kier molecular flexibility index (Phi) is 6.09. The average molecular weight is 257 g/mol. The molecular weight excluding hydrogens is 238 g/mol. The minimum atomic E-state index is -0.517. The maximum absolute atomic E-state index is 8.98. The van der Waals surface area contributed by atoms with Gasteiger partial charge in [0.15, 0.2) is 0 Å². The van der Waals surface area contributed by atoms with Gasteiger partial charge in [-0.3, -0.25) is 0 Å². The molecule has 0 unspecified atom stereocenters. The molecule has 0 radical (unpaired) electrons. The van der Waals surface area contributed by atoms with Crippen LogP contribution in [0.25, 0.3) is 0 Å². The van der Waals surface area contributed by atoms with Crippen LogP contribution in [-0.2, 0) is 0 Å². The fourth-order valence-electron chi connectivity index (χ4n) is 1.12. The van der Waals surface area contributed by atoms with Gasteiger partial charge in [0.2, 0.25) is 11.9 Å². The molecule has 18 heavy (non-hydrogen) atoms. The maximum atomic E-state index is 8.98. The molecular formula is C10H19N5O3. The zero-order valence-corrected chi connectivity index (χ0v) is 10.6. The molecule has 0 aliphatic heterocycles. The summed E-state index contributed by atoms with van der Waals surface area (Å²) in [5.41, 5.74) is 0. The first-order valence-electron chi connectivity index (χ1n) is 5.78. The zero-order chi connectivity index (χ0) is 13.4. The van der Waals surface area contributed by atoms with E-state index >= 15 is 0 Å². The number of nitrogens with one attached hydrogen (secondary N) is 2. The highest BCUT2D eigenvalue weighted by molar-refractivity contribution is 5.36. The number of aromatic nitrogens is 3. The Morgan fingerprint density at radius 2 is 1.83 bits per heavy atom. The second kappa shape index (κ2) is 7.62. The minimum Gasteiger partial charge on any atom is -0.463 e. The van der Waals surface area contributed by atoms with E-state index in [-0.39, 0.29) is 25.2 Å². The largest absolute Gasteiger partial charge is 0.463 e. The molecule has 1 rings (SSSR count). The molecule has 8 heteroatoms. The van der Waals surface area contributed by atoms with Gasteiger partial charge in [0, 0.05) is 7.05 Å². The van der Waals surface area contributed by atoms with Crippen LogP contribution in [0.2, 0.25) is 0 Å². The molecule has 8 nitrogen and oxygen atoms in total. The van der Waals surface area contributed by atoms with E-state index < -0.39 is 6.04 Å². The van der Waals surface area contributed by atoms with Crippen LogP contribution in [0.5, 0.6) is 6.01 Å². The number of ether oxygens (including phenoxy) is 1. The van der Waals surface area contributed by atoms with Crippen LogP contribution in [0.1, 0.15) is 13.3 Å². The number of anilines is 2. The van der Waals surface area contributed by atoms with Crippen LogP contribution in [0.3, 0.4) is 0 Å². The highest BCUT2D eigenvalue weighted by atomic mass is 16.5. The molecule has 0 fully saturated rings. The smallest absolute Gasteiger partial charge is 0.323 e. The van der Waals surface area contributed by atoms with Crippen molar-refractivity contribution >= 4 is 11.9 Å². The van der Waals surface area contributed by atoms with Crippen molar-refractivity contribution in [3.05, 3.63) is 0 Å². The lowest BCUT2D eigenvalue weighted by atomic mass is 10.3. The Balaban J connectivity index is 2.82. The molecule has 102 valence electrons. The minimum absolute atomic E-state index is 0.202. The Labute approximate surface area is 105 Å². The van der Waals surface area contributed by atoms with E-state index in [9.17, 15) is 0 Å². The normalized spacial score (nSPS) is 10.5. The summed E-state index contributed by atoms with van der Waals surface area (Å²) in [6, 6.07) is -0.315. The molecule has 0 atom stereocenters. The van der Waals surface area contributed by atoms with Gasteiger partial charge in [0.05, 0.1) is 25.9 Å². The van der Waals surface area contributed by atoms with Crippen LogP contribution < -0.4 is 15.4 Å². The second-order valence-corrected chi connectivity index (χ2v) is 3.57. The van der Waals surface area contributed by atoms with E-state index in [2.05, 4.69) is 25.6 Å². The van der Waals surface area contributed by atoms with E-state index in [1.807, 2.05) is 6.92 Å². The molecule has 0 bridgehead atoms. The first-order chi connectivity index (χ1) is 8.73. The van der Waals surface area contributed by atoms with E-state index in [4.69, 9.17) is 14.9 Å². The number of hydrogen-bond donors (Lipinski definition) is 4. The molecule has 1 aromatic heterocycles. The second-order valence-electron chi connectivity index (χ2n) is 3.57. The van der Waals surface area contributed by atoms with Crippen LogP contribution in [-0.4, -0.2) is 58.1 Å². The Hall–Kier alpha value is -1.67. The van der Waals surface area contributed by atoms with Gasteiger partial charge < -0.3 is 25.6 Å². The van der Waals surface area contributed by atoms with Crippen LogP contribution in [0, 0.1) is 0 Å². The van der Waals surface area contributed by atoms with Crippen molar-refractivity contribution in [3.8, 4) is 6.01 Å². The summed E-state index contributed by atoms with van der Waals surface area (Å²) in [4.78, 5) is 12.1. The van der Waals surface area contributed by atoms with Gasteiger partial charge in [0.1, 0.15) is 0 Å². The predicted octanol–water partition coefficient (Wildman–Crippen LogP) is -0.533. The first kappa shape index (κ1) is 14.4. The predicted molar refractivity (Wildman–Crippen MR) is 66.7 cm³/mol. The van der Waals surface area contributed by atoms with Crippen LogP contribution >= 0.6 is 0 Å². The Morgan fingerprint density at radius 3 is 2.39 bits per heavy atom. The fourth-order valence-corrected chi connectivity index (χ4v) is 1.12. The molecule has 0 saturated heterocycles. The molecule has 4 N–H and O–H groups in total. The number of aliphatic hydroxyl groups excluding tert-OH is 2. The standard InChI is InChI=1S/C10H19N5O3/c1-3-4-18-10-14-8(11-2)13-9(15-10)12-7(5-16)6-17/h7,16-17H,3-6H2,1-2H3,(H2,11,12,13,14,15). The van der Waals surface area contributed by atoms with Crippen molar-refractivity contribution in [2.45, 2.75) is 19.4 Å². The topological polar surface area (TPSA) is 112 Å². The van der Waals surface area contributed by atoms with Crippen molar-refractivity contribution in [2.24, 2.45) is 0 Å². The summed E-state index contributed by atoms with van der Waals surface area (Å²) < 4.78 is 5.32. The summed E-state index contributed by atoms with van der Waals surface area (Å²) in [5, 5.41) is 23.5. The van der Waals surface area contributed by atoms with Gasteiger partial charge in [-0.1, -0.05) is 6.92 Å². The molecule has 0 amide bonds. The summed E-state index contributed by atoms with van der Waals surface area (Å²) in [6.45, 7) is 2.05. The number of nitrogens with zero attached hydrogens (tertiary/aromatic N) is 3. The molecule has 1 heterocycles. The lowest BCUT2D eigenvalue weighted by Gasteiger charge is -2.14. The van der Waals surface area contributed by atoms with E-state index in [1.54, 1.807) is 7.05 Å². The average Bonchev–Trinajstić information content (AvgIpc) is 2.42. The zero-order valence-electron chi connectivity index (χ0n) is 10.6. The number of rotatable bonds is 8. The third kappa shape index (κ3) is 4.30. The van der Waals surface area contributed by atoms with Gasteiger partial charge >= 0.3 is 6.01 Å². The lowest BCUT2D eigenvalue weighted by Crippen LogP contribution is -2.29. The van der Waals surface area contributed by atoms with Gasteiger partial charge in [0.25, 0.3) is 0 Å². The third-order valence-corrected chi connectivity index (χ3v) is 2.05. The Morgan fingerprint density at radius 1 is 1.17 bits per heavy atom. The van der Waals surface area contributed by atoms with Gasteiger partial charge in [-0.25, -0.2) is 0 Å². The molecule has 1 aromatic rings. The lowest BCUT2D eigenvalue weighted by molar-refractivity contribution is 0.203. The summed E-state index contributed by atoms with van der Waals surface area (Å²) in [5.74, 6) is 0.599. The maximum Gasteiger partial charge on any atom is 0.323 e. The fraction of sp³-hybridized carbons (Fsp3) is 0.700. The number of aliphatic hydroxyl groups is 2. The summed E-state index contributed by atoms with van der Waals surface area (Å²) in [6.07, 6.45) is 0.846. The van der Waals surface area contributed by atoms with Crippen molar-refractivity contribution < 1.29 is 14.9 Å². The van der Waals surface area contributed by atoms with Crippen molar-refractivity contribution in [2.75, 3.05) is 37.5 Å². The summed E-state index contributed by atoms with van der Waals surface area (Å²) in [7, 11) is 1.68. The van der Waals surface area contributed by atoms with Crippen molar-refractivity contribution in [3.63, 3.8) is 0 Å². The quantitative estimate of drug-likeness (QED) is 0.491. The van der Waals surface area contributed by atoms with Gasteiger partial charge in [-0.15, -0.1) is 0 Å². The third-order valence-electron chi connectivity index (χ3n) is 2.05. The monoisotopic (exact) mass is 257 g/mol. The van der Waals surface area contributed by atoms with E-state index in [0.717, 1.165) is 6.42 Å². The molecule has 0 aliphatic rings. The molecule has 0 aromatic carbocycles. The highest BCUT2D eigenvalue weighted by Gasteiger charge is 2.11. The van der Waals surface area contributed by atoms with Gasteiger partial charge in [-0.05, 0) is 6.42 Å². The van der Waals surface area contributed by atoms with Crippen LogP contribution in [0.4, 0.5) is 11.9 Å². The molecule has 0 aliphatic carbocycles. The Bertz CT molecular complexity index is 359.